The van der Waals surface area contributed by atoms with E-state index in [1.807, 2.05) is 5.32 Å². The van der Waals surface area contributed by atoms with Crippen molar-refractivity contribution < 1.29 is 32.7 Å². The SMILES string of the molecule is CC(=O)NC(C(=O)O)C(=O)c1cccc(C(F)(F)F)c1. The average Bonchev–Trinajstić information content (AvgIpc) is 2.33. The van der Waals surface area contributed by atoms with E-state index < -0.39 is 41.0 Å². The Balaban J connectivity index is 3.13. The van der Waals surface area contributed by atoms with Crippen LogP contribution in [0.4, 0.5) is 13.2 Å². The number of carboxylic acid groups (broad SMARTS) is 1. The van der Waals surface area contributed by atoms with E-state index in [0.29, 0.717) is 6.07 Å². The summed E-state index contributed by atoms with van der Waals surface area (Å²) >= 11 is 0. The van der Waals surface area contributed by atoms with Gasteiger partial charge in [-0.25, -0.2) is 4.79 Å². The molecule has 0 radical (unpaired) electrons. The summed E-state index contributed by atoms with van der Waals surface area (Å²) < 4.78 is 37.5. The molecule has 0 aliphatic heterocycles. The van der Waals surface area contributed by atoms with Gasteiger partial charge in [-0.15, -0.1) is 0 Å². The lowest BCUT2D eigenvalue weighted by Gasteiger charge is -2.13. The number of aliphatic carboxylic acids is 1. The number of carbonyl (C=O) groups excluding carboxylic acids is 2. The van der Waals surface area contributed by atoms with Gasteiger partial charge in [-0.3, -0.25) is 9.59 Å². The van der Waals surface area contributed by atoms with Crippen LogP contribution in [0.2, 0.25) is 0 Å². The van der Waals surface area contributed by atoms with Gasteiger partial charge in [0.1, 0.15) is 0 Å². The fraction of sp³-hybridized carbons (Fsp3) is 0.250. The smallest absolute Gasteiger partial charge is 0.416 e. The first-order chi connectivity index (χ1) is 9.12. The zero-order valence-corrected chi connectivity index (χ0v) is 10.2. The molecule has 0 aliphatic rings. The lowest BCUT2D eigenvalue weighted by atomic mass is 10.0. The molecule has 0 aliphatic carbocycles. The number of amides is 1. The molecule has 1 rings (SSSR count). The number of halogens is 3. The molecule has 8 heteroatoms. The van der Waals surface area contributed by atoms with Gasteiger partial charge in [-0.2, -0.15) is 13.2 Å². The maximum atomic E-state index is 12.5. The number of Topliss-reactive ketones (excluding diaryl/α,β-unsaturated/α-hetero) is 1. The minimum absolute atomic E-state index is 0.444. The lowest BCUT2D eigenvalue weighted by Crippen LogP contribution is -2.45. The van der Waals surface area contributed by atoms with Gasteiger partial charge < -0.3 is 10.4 Å². The Kier molecular flexibility index (Phi) is 4.49. The van der Waals surface area contributed by atoms with Crippen molar-refractivity contribution in [1.29, 1.82) is 0 Å². The molecular formula is C12H10F3NO4. The molecule has 1 unspecified atom stereocenters. The van der Waals surface area contributed by atoms with Crippen molar-refractivity contribution >= 4 is 17.7 Å². The van der Waals surface area contributed by atoms with Crippen LogP contribution in [0, 0.1) is 0 Å². The van der Waals surface area contributed by atoms with Gasteiger partial charge in [0.15, 0.2) is 11.8 Å². The lowest BCUT2D eigenvalue weighted by molar-refractivity contribution is -0.140. The number of ketones is 1. The molecule has 108 valence electrons. The van der Waals surface area contributed by atoms with Crippen LogP contribution in [0.1, 0.15) is 22.8 Å². The van der Waals surface area contributed by atoms with Crippen LogP contribution in [0.3, 0.4) is 0 Å². The van der Waals surface area contributed by atoms with Gasteiger partial charge in [-0.1, -0.05) is 12.1 Å². The van der Waals surface area contributed by atoms with Crippen molar-refractivity contribution in [1.82, 2.24) is 5.32 Å². The Morgan fingerprint density at radius 2 is 1.85 bits per heavy atom. The normalized spacial score (nSPS) is 12.6. The fourth-order valence-electron chi connectivity index (χ4n) is 1.46. The van der Waals surface area contributed by atoms with Crippen molar-refractivity contribution in [3.63, 3.8) is 0 Å². The van der Waals surface area contributed by atoms with E-state index in [1.54, 1.807) is 0 Å². The maximum absolute atomic E-state index is 12.5. The minimum Gasteiger partial charge on any atom is -0.479 e. The first-order valence-electron chi connectivity index (χ1n) is 5.34. The molecule has 0 saturated carbocycles. The van der Waals surface area contributed by atoms with Gasteiger partial charge in [-0.05, 0) is 12.1 Å². The van der Waals surface area contributed by atoms with E-state index in [2.05, 4.69) is 0 Å². The Morgan fingerprint density at radius 3 is 2.30 bits per heavy atom. The van der Waals surface area contributed by atoms with Crippen molar-refractivity contribution in [3.05, 3.63) is 35.4 Å². The van der Waals surface area contributed by atoms with E-state index >= 15 is 0 Å². The van der Waals surface area contributed by atoms with Crippen molar-refractivity contribution in [2.24, 2.45) is 0 Å². The number of hydrogen-bond acceptors (Lipinski definition) is 3. The summed E-state index contributed by atoms with van der Waals surface area (Å²) in [6.45, 7) is 0.995. The quantitative estimate of drug-likeness (QED) is 0.649. The molecule has 2 N–H and O–H groups in total. The highest BCUT2D eigenvalue weighted by Crippen LogP contribution is 2.29. The zero-order valence-electron chi connectivity index (χ0n) is 10.2. The largest absolute Gasteiger partial charge is 0.479 e. The third kappa shape index (κ3) is 3.81. The number of alkyl halides is 3. The Morgan fingerprint density at radius 1 is 1.25 bits per heavy atom. The molecule has 0 bridgehead atoms. The molecule has 5 nitrogen and oxygen atoms in total. The van der Waals surface area contributed by atoms with Crippen LogP contribution in [0.5, 0.6) is 0 Å². The van der Waals surface area contributed by atoms with E-state index in [9.17, 15) is 27.6 Å². The topological polar surface area (TPSA) is 83.5 Å². The Bertz CT molecular complexity index is 554. The maximum Gasteiger partial charge on any atom is 0.416 e. The summed E-state index contributed by atoms with van der Waals surface area (Å²) in [5.74, 6) is -3.56. The van der Waals surface area contributed by atoms with E-state index in [4.69, 9.17) is 5.11 Å². The molecule has 1 atom stereocenters. The summed E-state index contributed by atoms with van der Waals surface area (Å²) in [5, 5.41) is 10.7. The molecular weight excluding hydrogens is 279 g/mol. The van der Waals surface area contributed by atoms with E-state index in [-0.39, 0.29) is 0 Å². The first-order valence-corrected chi connectivity index (χ1v) is 5.34. The second-order valence-electron chi connectivity index (χ2n) is 3.91. The van der Waals surface area contributed by atoms with Gasteiger partial charge in [0.2, 0.25) is 5.91 Å². The van der Waals surface area contributed by atoms with Gasteiger partial charge in [0, 0.05) is 12.5 Å². The van der Waals surface area contributed by atoms with Crippen LogP contribution >= 0.6 is 0 Å². The highest BCUT2D eigenvalue weighted by molar-refractivity contribution is 6.13. The summed E-state index contributed by atoms with van der Waals surface area (Å²) in [7, 11) is 0. The highest BCUT2D eigenvalue weighted by Gasteiger charge is 2.33. The molecule has 20 heavy (non-hydrogen) atoms. The molecule has 1 aromatic carbocycles. The van der Waals surface area contributed by atoms with E-state index in [0.717, 1.165) is 25.1 Å². The molecule has 1 aromatic rings. The second-order valence-corrected chi connectivity index (χ2v) is 3.91. The first kappa shape index (κ1) is 15.7. The molecule has 0 heterocycles. The standard InChI is InChI=1S/C12H10F3NO4/c1-6(17)16-9(11(19)20)10(18)7-3-2-4-8(5-7)12(13,14)15/h2-5,9H,1H3,(H,16,17)(H,19,20). The zero-order chi connectivity index (χ0) is 15.5. The van der Waals surface area contributed by atoms with Crippen LogP contribution in [0.15, 0.2) is 24.3 Å². The number of carbonyl (C=O) groups is 3. The van der Waals surface area contributed by atoms with E-state index in [1.165, 1.54) is 0 Å². The Hall–Kier alpha value is -2.38. The number of hydrogen-bond donors (Lipinski definition) is 2. The predicted molar refractivity (Wildman–Crippen MR) is 61.0 cm³/mol. The molecule has 0 spiro atoms. The fourth-order valence-corrected chi connectivity index (χ4v) is 1.46. The van der Waals surface area contributed by atoms with Crippen LogP contribution < -0.4 is 5.32 Å². The van der Waals surface area contributed by atoms with Crippen LogP contribution in [0.25, 0.3) is 0 Å². The summed E-state index contributed by atoms with van der Waals surface area (Å²) in [4.78, 5) is 33.5. The van der Waals surface area contributed by atoms with Crippen molar-refractivity contribution in [2.75, 3.05) is 0 Å². The summed E-state index contributed by atoms with van der Waals surface area (Å²) in [5.41, 5.74) is -1.52. The minimum atomic E-state index is -4.65. The number of carboxylic acids is 1. The third-order valence-electron chi connectivity index (χ3n) is 2.33. The number of benzene rings is 1. The van der Waals surface area contributed by atoms with Crippen molar-refractivity contribution in [3.8, 4) is 0 Å². The van der Waals surface area contributed by atoms with Crippen molar-refractivity contribution in [2.45, 2.75) is 19.1 Å². The average molecular weight is 289 g/mol. The molecule has 1 amide bonds. The monoisotopic (exact) mass is 289 g/mol. The van der Waals surface area contributed by atoms with Gasteiger partial charge in [0.25, 0.3) is 0 Å². The van der Waals surface area contributed by atoms with Gasteiger partial charge in [0.05, 0.1) is 5.56 Å². The highest BCUT2D eigenvalue weighted by atomic mass is 19.4. The number of nitrogens with one attached hydrogen (secondary N) is 1. The summed E-state index contributed by atoms with van der Waals surface area (Å²) in [6, 6.07) is 1.42. The van der Waals surface area contributed by atoms with Crippen LogP contribution in [-0.4, -0.2) is 28.8 Å². The third-order valence-corrected chi connectivity index (χ3v) is 2.33. The molecule has 0 fully saturated rings. The number of rotatable bonds is 4. The van der Waals surface area contributed by atoms with Crippen LogP contribution in [-0.2, 0) is 15.8 Å². The van der Waals surface area contributed by atoms with Gasteiger partial charge >= 0.3 is 12.1 Å². The molecule has 0 saturated heterocycles. The predicted octanol–water partition coefficient (Wildman–Crippen LogP) is 1.48. The molecule has 0 aromatic heterocycles. The summed E-state index contributed by atoms with van der Waals surface area (Å²) in [6.07, 6.45) is -4.65. The Labute approximate surface area is 111 Å². The second kappa shape index (κ2) is 5.72.